The first-order chi connectivity index (χ1) is 10.7. The van der Waals surface area contributed by atoms with E-state index in [1.807, 2.05) is 0 Å². The number of benzene rings is 1. The van der Waals surface area contributed by atoms with Gasteiger partial charge >= 0.3 is 0 Å². The molecule has 116 valence electrons. The molecule has 0 bridgehead atoms. The summed E-state index contributed by atoms with van der Waals surface area (Å²) >= 11 is 9.31. The van der Waals surface area contributed by atoms with Crippen LogP contribution in [0.5, 0.6) is 0 Å². The number of rotatable bonds is 4. The number of nitrogens with one attached hydrogen (secondary N) is 1. The average molecular weight is 382 g/mol. The lowest BCUT2D eigenvalue weighted by Gasteiger charge is -2.32. The minimum atomic E-state index is 0.271. The van der Waals surface area contributed by atoms with Crippen molar-refractivity contribution in [2.24, 2.45) is 0 Å². The second kappa shape index (κ2) is 7.40. The van der Waals surface area contributed by atoms with Gasteiger partial charge in [0.25, 0.3) is 0 Å². The van der Waals surface area contributed by atoms with Crippen molar-refractivity contribution in [3.05, 3.63) is 51.8 Å². The van der Waals surface area contributed by atoms with E-state index in [9.17, 15) is 0 Å². The second-order valence-electron chi connectivity index (χ2n) is 5.52. The Bertz CT molecular complexity index is 615. The van der Waals surface area contributed by atoms with Crippen molar-refractivity contribution in [1.29, 1.82) is 0 Å². The van der Waals surface area contributed by atoms with Gasteiger partial charge in [-0.2, -0.15) is 4.98 Å². The van der Waals surface area contributed by atoms with Gasteiger partial charge in [-0.3, -0.25) is 4.90 Å². The fourth-order valence-electron chi connectivity index (χ4n) is 2.72. The molecule has 1 saturated heterocycles. The third-order valence-corrected chi connectivity index (χ3v) is 4.65. The van der Waals surface area contributed by atoms with Crippen LogP contribution in [0.15, 0.2) is 41.0 Å². The van der Waals surface area contributed by atoms with Crippen molar-refractivity contribution in [3.63, 3.8) is 0 Å². The lowest BCUT2D eigenvalue weighted by Crippen LogP contribution is -2.38. The zero-order valence-electron chi connectivity index (χ0n) is 12.2. The van der Waals surface area contributed by atoms with Gasteiger partial charge in [0.15, 0.2) is 0 Å². The van der Waals surface area contributed by atoms with E-state index in [-0.39, 0.29) is 5.28 Å². The summed E-state index contributed by atoms with van der Waals surface area (Å²) in [6, 6.07) is 11.0. The molecule has 0 saturated carbocycles. The van der Waals surface area contributed by atoms with E-state index in [2.05, 4.69) is 66.4 Å². The molecule has 1 aliphatic rings. The molecule has 6 heteroatoms. The van der Waals surface area contributed by atoms with Gasteiger partial charge in [-0.15, -0.1) is 0 Å². The molecule has 1 aromatic carbocycles. The standard InChI is InChI=1S/C16H18BrClN4/c17-14-10-19-16(18)21-15(14)20-13-6-8-22(9-7-13)11-12-4-2-1-3-5-12/h1-5,10,13H,6-9,11H2,(H,19,20,21). The van der Waals surface area contributed by atoms with Crippen LogP contribution in [-0.4, -0.2) is 34.0 Å². The van der Waals surface area contributed by atoms with Gasteiger partial charge in [0.2, 0.25) is 5.28 Å². The summed E-state index contributed by atoms with van der Waals surface area (Å²) in [5.74, 6) is 0.779. The highest BCUT2D eigenvalue weighted by molar-refractivity contribution is 9.10. The quantitative estimate of drug-likeness (QED) is 0.814. The molecule has 0 unspecified atom stereocenters. The van der Waals surface area contributed by atoms with Gasteiger partial charge in [0, 0.05) is 31.9 Å². The van der Waals surface area contributed by atoms with E-state index in [0.29, 0.717) is 6.04 Å². The Morgan fingerprint density at radius 2 is 1.95 bits per heavy atom. The minimum Gasteiger partial charge on any atom is -0.366 e. The van der Waals surface area contributed by atoms with Crippen LogP contribution in [0.3, 0.4) is 0 Å². The van der Waals surface area contributed by atoms with Gasteiger partial charge < -0.3 is 5.32 Å². The number of anilines is 1. The Hall–Kier alpha value is -1.17. The van der Waals surface area contributed by atoms with Gasteiger partial charge in [-0.05, 0) is 45.9 Å². The summed E-state index contributed by atoms with van der Waals surface area (Å²) < 4.78 is 0.851. The summed E-state index contributed by atoms with van der Waals surface area (Å²) in [5, 5.41) is 3.74. The maximum atomic E-state index is 5.86. The highest BCUT2D eigenvalue weighted by atomic mass is 79.9. The maximum Gasteiger partial charge on any atom is 0.224 e. The molecular formula is C16H18BrClN4. The minimum absolute atomic E-state index is 0.271. The van der Waals surface area contributed by atoms with Gasteiger partial charge in [-0.25, -0.2) is 4.98 Å². The van der Waals surface area contributed by atoms with Crippen LogP contribution in [0, 0.1) is 0 Å². The van der Waals surface area contributed by atoms with Crippen molar-refractivity contribution in [2.75, 3.05) is 18.4 Å². The van der Waals surface area contributed by atoms with Crippen LogP contribution in [0.2, 0.25) is 5.28 Å². The summed E-state index contributed by atoms with van der Waals surface area (Å²) in [6.07, 6.45) is 3.88. The first kappa shape index (κ1) is 15.7. The van der Waals surface area contributed by atoms with Crippen LogP contribution in [0.4, 0.5) is 5.82 Å². The molecule has 3 rings (SSSR count). The molecule has 0 atom stereocenters. The number of halogens is 2. The molecule has 0 aliphatic carbocycles. The molecule has 1 aliphatic heterocycles. The van der Waals surface area contributed by atoms with Crippen molar-refractivity contribution < 1.29 is 0 Å². The molecule has 1 aromatic heterocycles. The van der Waals surface area contributed by atoms with E-state index in [4.69, 9.17) is 11.6 Å². The number of likely N-dealkylation sites (tertiary alicyclic amines) is 1. The van der Waals surface area contributed by atoms with E-state index in [1.165, 1.54) is 5.56 Å². The van der Waals surface area contributed by atoms with Crippen LogP contribution in [0.25, 0.3) is 0 Å². The van der Waals surface area contributed by atoms with E-state index >= 15 is 0 Å². The first-order valence-corrected chi connectivity index (χ1v) is 8.58. The first-order valence-electron chi connectivity index (χ1n) is 7.41. The number of aromatic nitrogens is 2. The summed E-state index contributed by atoms with van der Waals surface area (Å²) in [7, 11) is 0. The van der Waals surface area contributed by atoms with Crippen molar-refractivity contribution in [1.82, 2.24) is 14.9 Å². The van der Waals surface area contributed by atoms with Crippen LogP contribution < -0.4 is 5.32 Å². The van der Waals surface area contributed by atoms with E-state index in [0.717, 1.165) is 42.8 Å². The van der Waals surface area contributed by atoms with E-state index < -0.39 is 0 Å². The third-order valence-electron chi connectivity index (χ3n) is 3.89. The summed E-state index contributed by atoms with van der Waals surface area (Å²) in [6.45, 7) is 3.20. The normalized spacial score (nSPS) is 16.6. The molecular weight excluding hydrogens is 364 g/mol. The maximum absolute atomic E-state index is 5.86. The summed E-state index contributed by atoms with van der Waals surface area (Å²) in [4.78, 5) is 10.7. The average Bonchev–Trinajstić information content (AvgIpc) is 2.54. The van der Waals surface area contributed by atoms with Crippen LogP contribution >= 0.6 is 27.5 Å². The largest absolute Gasteiger partial charge is 0.366 e. The van der Waals surface area contributed by atoms with Crippen molar-refractivity contribution in [2.45, 2.75) is 25.4 Å². The molecule has 1 N–H and O–H groups in total. The molecule has 2 heterocycles. The van der Waals surface area contributed by atoms with Gasteiger partial charge in [-0.1, -0.05) is 30.3 Å². The van der Waals surface area contributed by atoms with Crippen molar-refractivity contribution in [3.8, 4) is 0 Å². The summed E-state index contributed by atoms with van der Waals surface area (Å²) in [5.41, 5.74) is 1.37. The number of hydrogen-bond acceptors (Lipinski definition) is 4. The number of nitrogens with zero attached hydrogens (tertiary/aromatic N) is 3. The Kier molecular flexibility index (Phi) is 5.28. The zero-order chi connectivity index (χ0) is 15.4. The third kappa shape index (κ3) is 4.18. The monoisotopic (exact) mass is 380 g/mol. The number of hydrogen-bond donors (Lipinski definition) is 1. The Morgan fingerprint density at radius 1 is 1.23 bits per heavy atom. The Balaban J connectivity index is 1.52. The predicted molar refractivity (Wildman–Crippen MR) is 93.1 cm³/mol. The zero-order valence-corrected chi connectivity index (χ0v) is 14.5. The lowest BCUT2D eigenvalue weighted by atomic mass is 10.0. The van der Waals surface area contributed by atoms with E-state index in [1.54, 1.807) is 6.20 Å². The van der Waals surface area contributed by atoms with Gasteiger partial charge in [0.05, 0.1) is 4.47 Å². The highest BCUT2D eigenvalue weighted by Crippen LogP contribution is 2.23. The SMILES string of the molecule is Clc1ncc(Br)c(NC2CCN(Cc3ccccc3)CC2)n1. The lowest BCUT2D eigenvalue weighted by molar-refractivity contribution is 0.211. The predicted octanol–water partition coefficient (Wildman–Crippen LogP) is 3.97. The molecule has 1 fully saturated rings. The molecule has 4 nitrogen and oxygen atoms in total. The van der Waals surface area contributed by atoms with Gasteiger partial charge in [0.1, 0.15) is 5.82 Å². The fraction of sp³-hybridized carbons (Fsp3) is 0.375. The smallest absolute Gasteiger partial charge is 0.224 e. The Labute approximate surface area is 144 Å². The molecule has 0 amide bonds. The van der Waals surface area contributed by atoms with Crippen LogP contribution in [-0.2, 0) is 6.54 Å². The molecule has 2 aromatic rings. The highest BCUT2D eigenvalue weighted by Gasteiger charge is 2.20. The second-order valence-corrected chi connectivity index (χ2v) is 6.71. The molecule has 0 spiro atoms. The van der Waals surface area contributed by atoms with Crippen LogP contribution in [0.1, 0.15) is 18.4 Å². The fourth-order valence-corrected chi connectivity index (χ4v) is 3.16. The topological polar surface area (TPSA) is 41.1 Å². The number of piperidine rings is 1. The van der Waals surface area contributed by atoms with Crippen molar-refractivity contribution >= 4 is 33.3 Å². The molecule has 22 heavy (non-hydrogen) atoms. The Morgan fingerprint density at radius 3 is 2.68 bits per heavy atom. The molecule has 0 radical (unpaired) electrons.